The van der Waals surface area contributed by atoms with E-state index in [4.69, 9.17) is 4.74 Å². The van der Waals surface area contributed by atoms with E-state index in [0.717, 1.165) is 6.42 Å². The Morgan fingerprint density at radius 3 is 2.59 bits per heavy atom. The standard InChI is InChI=1S/C14H19FO2/c1-13(2,3)17-12(16)14(15)7-10-8-4-5-9(6-8)11(10)14/h4-5,8-11H,6-7H2,1-3H3. The lowest BCUT2D eigenvalue weighted by atomic mass is 9.58. The normalized spacial score (nSPS) is 46.6. The summed E-state index contributed by atoms with van der Waals surface area (Å²) in [4.78, 5) is 12.0. The number of alkyl halides is 1. The number of fused-ring (bicyclic) bond motifs is 5. The highest BCUT2D eigenvalue weighted by Gasteiger charge is 2.68. The van der Waals surface area contributed by atoms with Crippen LogP contribution in [0, 0.1) is 23.7 Å². The highest BCUT2D eigenvalue weighted by molar-refractivity contribution is 5.82. The molecule has 2 fully saturated rings. The third-order valence-corrected chi connectivity index (χ3v) is 4.42. The second kappa shape index (κ2) is 3.12. The summed E-state index contributed by atoms with van der Waals surface area (Å²) in [7, 11) is 0. The van der Waals surface area contributed by atoms with Crippen LogP contribution in [0.25, 0.3) is 0 Å². The van der Waals surface area contributed by atoms with Crippen LogP contribution in [0.15, 0.2) is 12.2 Å². The summed E-state index contributed by atoms with van der Waals surface area (Å²) < 4.78 is 20.0. The summed E-state index contributed by atoms with van der Waals surface area (Å²) >= 11 is 0. The molecular weight excluding hydrogens is 219 g/mol. The number of rotatable bonds is 1. The number of carbonyl (C=O) groups excluding carboxylic acids is 1. The first-order valence-electron chi connectivity index (χ1n) is 6.42. The van der Waals surface area contributed by atoms with Crippen molar-refractivity contribution >= 4 is 5.97 Å². The largest absolute Gasteiger partial charge is 0.458 e. The lowest BCUT2D eigenvalue weighted by molar-refractivity contribution is -0.191. The molecule has 0 radical (unpaired) electrons. The molecule has 3 aliphatic carbocycles. The van der Waals surface area contributed by atoms with E-state index in [1.54, 1.807) is 20.8 Å². The molecular formula is C14H19FO2. The first-order valence-corrected chi connectivity index (χ1v) is 6.42. The zero-order chi connectivity index (χ0) is 12.4. The molecule has 0 aliphatic heterocycles. The Bertz CT molecular complexity index is 396. The monoisotopic (exact) mass is 238 g/mol. The van der Waals surface area contributed by atoms with Gasteiger partial charge in [0.25, 0.3) is 0 Å². The van der Waals surface area contributed by atoms with Gasteiger partial charge in [0.1, 0.15) is 5.60 Å². The Labute approximate surface area is 101 Å². The number of carbonyl (C=O) groups is 1. The van der Waals surface area contributed by atoms with Crippen molar-refractivity contribution in [3.8, 4) is 0 Å². The van der Waals surface area contributed by atoms with Gasteiger partial charge in [0.15, 0.2) is 0 Å². The Hall–Kier alpha value is -0.860. The van der Waals surface area contributed by atoms with E-state index in [1.165, 1.54) is 0 Å². The van der Waals surface area contributed by atoms with Crippen LogP contribution in [0.1, 0.15) is 33.6 Å². The van der Waals surface area contributed by atoms with Crippen molar-refractivity contribution in [1.29, 1.82) is 0 Å². The molecule has 3 rings (SSSR count). The van der Waals surface area contributed by atoms with Crippen LogP contribution < -0.4 is 0 Å². The quantitative estimate of drug-likeness (QED) is 0.518. The van der Waals surface area contributed by atoms with Crippen LogP contribution in [0.2, 0.25) is 0 Å². The summed E-state index contributed by atoms with van der Waals surface area (Å²) in [6.45, 7) is 5.35. The topological polar surface area (TPSA) is 26.3 Å². The summed E-state index contributed by atoms with van der Waals surface area (Å²) in [5, 5.41) is 0. The number of halogens is 1. The van der Waals surface area contributed by atoms with E-state index >= 15 is 0 Å². The highest BCUT2D eigenvalue weighted by Crippen LogP contribution is 2.64. The smallest absolute Gasteiger partial charge is 0.344 e. The van der Waals surface area contributed by atoms with E-state index in [9.17, 15) is 9.18 Å². The summed E-state index contributed by atoms with van der Waals surface area (Å²) in [6, 6.07) is 0. The van der Waals surface area contributed by atoms with Crippen LogP contribution in [-0.2, 0) is 9.53 Å². The van der Waals surface area contributed by atoms with Gasteiger partial charge in [-0.25, -0.2) is 9.18 Å². The molecule has 0 amide bonds. The summed E-state index contributed by atoms with van der Waals surface area (Å²) in [5.74, 6) is 0.384. The van der Waals surface area contributed by atoms with Gasteiger partial charge in [0.2, 0.25) is 5.67 Å². The van der Waals surface area contributed by atoms with Crippen LogP contribution in [-0.4, -0.2) is 17.2 Å². The molecule has 2 nitrogen and oxygen atoms in total. The SMILES string of the molecule is CC(C)(C)OC(=O)C1(F)CC2C3C=CC(C3)C21. The maximum Gasteiger partial charge on any atom is 0.344 e. The average molecular weight is 238 g/mol. The molecule has 2 saturated carbocycles. The van der Waals surface area contributed by atoms with Crippen LogP contribution in [0.3, 0.4) is 0 Å². The Morgan fingerprint density at radius 1 is 1.35 bits per heavy atom. The molecule has 94 valence electrons. The number of ether oxygens (including phenoxy) is 1. The molecule has 0 aromatic rings. The van der Waals surface area contributed by atoms with Gasteiger partial charge in [-0.1, -0.05) is 12.2 Å². The maximum absolute atomic E-state index is 14.7. The summed E-state index contributed by atoms with van der Waals surface area (Å²) in [6.07, 6.45) is 5.67. The van der Waals surface area contributed by atoms with Crippen molar-refractivity contribution < 1.29 is 13.9 Å². The van der Waals surface area contributed by atoms with Gasteiger partial charge in [-0.3, -0.25) is 0 Å². The maximum atomic E-state index is 14.7. The second-order valence-electron chi connectivity index (χ2n) is 6.71. The van der Waals surface area contributed by atoms with Gasteiger partial charge < -0.3 is 4.74 Å². The zero-order valence-electron chi connectivity index (χ0n) is 10.6. The van der Waals surface area contributed by atoms with Gasteiger partial charge in [-0.05, 0) is 51.4 Å². The Morgan fingerprint density at radius 2 is 2.00 bits per heavy atom. The minimum absolute atomic E-state index is 0.118. The highest BCUT2D eigenvalue weighted by atomic mass is 19.1. The molecule has 3 heteroatoms. The Balaban J connectivity index is 1.77. The number of allylic oxidation sites excluding steroid dienone is 2. The van der Waals surface area contributed by atoms with Crippen molar-refractivity contribution in [3.05, 3.63) is 12.2 Å². The predicted molar refractivity (Wildman–Crippen MR) is 62.0 cm³/mol. The molecule has 0 heterocycles. The van der Waals surface area contributed by atoms with Gasteiger partial charge in [0.05, 0.1) is 0 Å². The molecule has 2 bridgehead atoms. The third kappa shape index (κ3) is 1.47. The fraction of sp³-hybridized carbons (Fsp3) is 0.786. The van der Waals surface area contributed by atoms with E-state index in [1.807, 2.05) is 0 Å². The van der Waals surface area contributed by atoms with E-state index in [0.29, 0.717) is 18.3 Å². The average Bonchev–Trinajstić information content (AvgIpc) is 2.69. The summed E-state index contributed by atoms with van der Waals surface area (Å²) in [5.41, 5.74) is -2.32. The molecule has 0 saturated heterocycles. The molecule has 0 spiro atoms. The molecule has 3 aliphatic rings. The molecule has 5 unspecified atom stereocenters. The van der Waals surface area contributed by atoms with Crippen molar-refractivity contribution in [1.82, 2.24) is 0 Å². The molecule has 0 aromatic carbocycles. The third-order valence-electron chi connectivity index (χ3n) is 4.42. The van der Waals surface area contributed by atoms with Gasteiger partial charge in [-0.15, -0.1) is 0 Å². The first-order chi connectivity index (χ1) is 7.81. The number of hydrogen-bond acceptors (Lipinski definition) is 2. The molecule has 5 atom stereocenters. The Kier molecular flexibility index (Phi) is 2.06. The van der Waals surface area contributed by atoms with Crippen LogP contribution in [0.4, 0.5) is 4.39 Å². The minimum Gasteiger partial charge on any atom is -0.458 e. The lowest BCUT2D eigenvalue weighted by Gasteiger charge is -2.49. The fourth-order valence-corrected chi connectivity index (χ4v) is 3.78. The predicted octanol–water partition coefficient (Wildman–Crippen LogP) is 2.88. The van der Waals surface area contributed by atoms with Crippen LogP contribution >= 0.6 is 0 Å². The number of hydrogen-bond donors (Lipinski definition) is 0. The van der Waals surface area contributed by atoms with Crippen LogP contribution in [0.5, 0.6) is 0 Å². The first kappa shape index (κ1) is 11.2. The van der Waals surface area contributed by atoms with Gasteiger partial charge in [-0.2, -0.15) is 0 Å². The van der Waals surface area contributed by atoms with Gasteiger partial charge in [0, 0.05) is 5.92 Å². The molecule has 17 heavy (non-hydrogen) atoms. The molecule has 0 N–H and O–H groups in total. The molecule has 0 aromatic heterocycles. The number of esters is 1. The minimum atomic E-state index is -1.72. The van der Waals surface area contributed by atoms with Crippen molar-refractivity contribution in [2.75, 3.05) is 0 Å². The zero-order valence-corrected chi connectivity index (χ0v) is 10.6. The van der Waals surface area contributed by atoms with E-state index in [-0.39, 0.29) is 11.8 Å². The van der Waals surface area contributed by atoms with Crippen molar-refractivity contribution in [2.45, 2.75) is 44.9 Å². The fourth-order valence-electron chi connectivity index (χ4n) is 3.78. The van der Waals surface area contributed by atoms with E-state index in [2.05, 4.69) is 12.2 Å². The second-order valence-corrected chi connectivity index (χ2v) is 6.71. The van der Waals surface area contributed by atoms with Crippen molar-refractivity contribution in [3.63, 3.8) is 0 Å². The lowest BCUT2D eigenvalue weighted by Crippen LogP contribution is -2.59. The van der Waals surface area contributed by atoms with Gasteiger partial charge >= 0.3 is 5.97 Å². The van der Waals surface area contributed by atoms with E-state index < -0.39 is 17.2 Å². The van der Waals surface area contributed by atoms with Crippen molar-refractivity contribution in [2.24, 2.45) is 23.7 Å².